The maximum atomic E-state index is 13.2. The summed E-state index contributed by atoms with van der Waals surface area (Å²) in [7, 11) is 0. The molecule has 0 saturated carbocycles. The average molecular weight is 465 g/mol. The van der Waals surface area contributed by atoms with E-state index in [0.29, 0.717) is 11.5 Å². The third-order valence-corrected chi connectivity index (χ3v) is 6.20. The fraction of sp³-hybridized carbons (Fsp3) is 0.192. The highest BCUT2D eigenvalue weighted by Gasteiger charge is 2.19. The molecule has 9 heteroatoms. The van der Waals surface area contributed by atoms with Crippen molar-refractivity contribution in [2.75, 3.05) is 23.3 Å². The SMILES string of the molecule is Cc1cccc(-n2nc(C(=O)Nc3ccc(N4CCCC4)cc3)cc2-c2ccc3ncnn3c2)n1. The van der Waals surface area contributed by atoms with Gasteiger partial charge in [0.15, 0.2) is 17.2 Å². The zero-order valence-corrected chi connectivity index (χ0v) is 19.3. The van der Waals surface area contributed by atoms with Crippen LogP contribution in [-0.2, 0) is 0 Å². The minimum Gasteiger partial charge on any atom is -0.372 e. The van der Waals surface area contributed by atoms with E-state index in [0.717, 1.165) is 41.4 Å². The van der Waals surface area contributed by atoms with Gasteiger partial charge < -0.3 is 10.2 Å². The fourth-order valence-corrected chi connectivity index (χ4v) is 4.41. The number of hydrogen-bond donors (Lipinski definition) is 1. The molecule has 1 aliphatic heterocycles. The number of amides is 1. The van der Waals surface area contributed by atoms with Crippen LogP contribution in [-0.4, -0.2) is 48.4 Å². The third-order valence-electron chi connectivity index (χ3n) is 6.20. The Balaban J connectivity index is 1.33. The van der Waals surface area contributed by atoms with Gasteiger partial charge in [-0.25, -0.2) is 19.2 Å². The lowest BCUT2D eigenvalue weighted by Gasteiger charge is -2.17. The van der Waals surface area contributed by atoms with Crippen molar-refractivity contribution in [2.24, 2.45) is 0 Å². The molecule has 0 unspecified atom stereocenters. The summed E-state index contributed by atoms with van der Waals surface area (Å²) >= 11 is 0. The Bertz CT molecular complexity index is 1510. The van der Waals surface area contributed by atoms with Crippen LogP contribution in [0.15, 0.2) is 73.2 Å². The number of aromatic nitrogens is 6. The van der Waals surface area contributed by atoms with Gasteiger partial charge in [-0.2, -0.15) is 10.2 Å². The maximum Gasteiger partial charge on any atom is 0.276 e. The number of anilines is 2. The highest BCUT2D eigenvalue weighted by Crippen LogP contribution is 2.25. The van der Waals surface area contributed by atoms with Crippen LogP contribution in [0.4, 0.5) is 11.4 Å². The van der Waals surface area contributed by atoms with Gasteiger partial charge in [0.2, 0.25) is 0 Å². The lowest BCUT2D eigenvalue weighted by molar-refractivity contribution is 0.102. The summed E-state index contributed by atoms with van der Waals surface area (Å²) in [4.78, 5) is 24.4. The highest BCUT2D eigenvalue weighted by molar-refractivity contribution is 6.03. The van der Waals surface area contributed by atoms with Crippen molar-refractivity contribution < 1.29 is 4.79 Å². The topological polar surface area (TPSA) is 93.2 Å². The summed E-state index contributed by atoms with van der Waals surface area (Å²) in [5.41, 5.74) is 5.38. The van der Waals surface area contributed by atoms with E-state index in [-0.39, 0.29) is 5.91 Å². The lowest BCUT2D eigenvalue weighted by atomic mass is 10.2. The Morgan fingerprint density at radius 1 is 1.00 bits per heavy atom. The highest BCUT2D eigenvalue weighted by atomic mass is 16.2. The number of rotatable bonds is 5. The third kappa shape index (κ3) is 4.12. The number of fused-ring (bicyclic) bond motifs is 1. The molecule has 1 amide bonds. The molecule has 5 heterocycles. The van der Waals surface area contributed by atoms with Gasteiger partial charge in [-0.3, -0.25) is 4.79 Å². The van der Waals surface area contributed by atoms with Crippen LogP contribution in [0.25, 0.3) is 22.7 Å². The molecule has 0 radical (unpaired) electrons. The zero-order valence-electron chi connectivity index (χ0n) is 19.3. The Morgan fingerprint density at radius 2 is 1.83 bits per heavy atom. The second-order valence-corrected chi connectivity index (χ2v) is 8.64. The number of aryl methyl sites for hydroxylation is 1. The normalized spacial score (nSPS) is 13.5. The van der Waals surface area contributed by atoms with E-state index in [2.05, 4.69) is 42.5 Å². The van der Waals surface area contributed by atoms with Crippen molar-refractivity contribution in [3.05, 3.63) is 84.6 Å². The van der Waals surface area contributed by atoms with Crippen molar-refractivity contribution in [3.63, 3.8) is 0 Å². The van der Waals surface area contributed by atoms with Crippen LogP contribution in [0.3, 0.4) is 0 Å². The molecule has 4 aromatic heterocycles. The van der Waals surface area contributed by atoms with E-state index in [1.54, 1.807) is 15.3 Å². The average Bonchev–Trinajstić information content (AvgIpc) is 3.65. The van der Waals surface area contributed by atoms with Gasteiger partial charge in [-0.1, -0.05) is 6.07 Å². The van der Waals surface area contributed by atoms with Crippen molar-refractivity contribution in [1.29, 1.82) is 0 Å². The molecule has 0 bridgehead atoms. The molecular formula is C26H24N8O. The predicted molar refractivity (Wildman–Crippen MR) is 134 cm³/mol. The Hall–Kier alpha value is -4.53. The molecule has 5 aromatic rings. The first kappa shape index (κ1) is 21.0. The summed E-state index contributed by atoms with van der Waals surface area (Å²) in [6.45, 7) is 4.09. The molecular weight excluding hydrogens is 440 g/mol. The van der Waals surface area contributed by atoms with Gasteiger partial charge >= 0.3 is 0 Å². The molecule has 174 valence electrons. The van der Waals surface area contributed by atoms with Crippen LogP contribution in [0.5, 0.6) is 0 Å². The number of benzene rings is 1. The molecule has 35 heavy (non-hydrogen) atoms. The molecule has 1 fully saturated rings. The van der Waals surface area contributed by atoms with Crippen LogP contribution in [0, 0.1) is 6.92 Å². The minimum atomic E-state index is -0.284. The molecule has 1 aliphatic rings. The number of carbonyl (C=O) groups is 1. The standard InChI is InChI=1S/C26H24N8O/c1-18-5-4-6-25(29-18)34-23(19-7-12-24-27-17-28-33(24)16-19)15-22(31-34)26(35)30-20-8-10-21(11-9-20)32-13-2-3-14-32/h4-12,15-17H,2-3,13-14H2,1H3,(H,30,35). The van der Waals surface area contributed by atoms with Gasteiger partial charge in [-0.05, 0) is 74.4 Å². The molecule has 0 spiro atoms. The van der Waals surface area contributed by atoms with E-state index in [1.807, 2.05) is 55.6 Å². The Morgan fingerprint density at radius 3 is 2.63 bits per heavy atom. The Labute approximate surface area is 202 Å². The summed E-state index contributed by atoms with van der Waals surface area (Å²) in [6, 6.07) is 19.3. The quantitative estimate of drug-likeness (QED) is 0.420. The van der Waals surface area contributed by atoms with E-state index in [1.165, 1.54) is 24.9 Å². The lowest BCUT2D eigenvalue weighted by Crippen LogP contribution is -2.17. The number of pyridine rings is 2. The first-order chi connectivity index (χ1) is 17.1. The van der Waals surface area contributed by atoms with E-state index < -0.39 is 0 Å². The molecule has 6 rings (SSSR count). The fourth-order valence-electron chi connectivity index (χ4n) is 4.41. The molecule has 9 nitrogen and oxygen atoms in total. The summed E-state index contributed by atoms with van der Waals surface area (Å²) < 4.78 is 3.38. The molecule has 1 aromatic carbocycles. The second-order valence-electron chi connectivity index (χ2n) is 8.64. The minimum absolute atomic E-state index is 0.284. The van der Waals surface area contributed by atoms with Gasteiger partial charge in [0.25, 0.3) is 5.91 Å². The van der Waals surface area contributed by atoms with E-state index >= 15 is 0 Å². The van der Waals surface area contributed by atoms with Crippen LogP contribution in [0.2, 0.25) is 0 Å². The summed E-state index contributed by atoms with van der Waals surface area (Å²) in [5, 5.41) is 11.8. The van der Waals surface area contributed by atoms with Crippen LogP contribution < -0.4 is 10.2 Å². The van der Waals surface area contributed by atoms with Crippen molar-refractivity contribution in [2.45, 2.75) is 19.8 Å². The number of nitrogens with one attached hydrogen (secondary N) is 1. The number of nitrogens with zero attached hydrogens (tertiary/aromatic N) is 7. The maximum absolute atomic E-state index is 13.2. The summed E-state index contributed by atoms with van der Waals surface area (Å²) in [5.74, 6) is 0.348. The van der Waals surface area contributed by atoms with Crippen LogP contribution in [0.1, 0.15) is 29.0 Å². The molecule has 1 N–H and O–H groups in total. The molecule has 0 aliphatic carbocycles. The van der Waals surface area contributed by atoms with Gasteiger partial charge in [-0.15, -0.1) is 0 Å². The smallest absolute Gasteiger partial charge is 0.276 e. The molecule has 0 atom stereocenters. The second kappa shape index (κ2) is 8.68. The summed E-state index contributed by atoms with van der Waals surface area (Å²) in [6.07, 6.45) is 5.82. The number of hydrogen-bond acceptors (Lipinski definition) is 6. The predicted octanol–water partition coefficient (Wildman–Crippen LogP) is 4.14. The first-order valence-electron chi connectivity index (χ1n) is 11.6. The van der Waals surface area contributed by atoms with Gasteiger partial charge in [0, 0.05) is 41.9 Å². The monoisotopic (exact) mass is 464 g/mol. The van der Waals surface area contributed by atoms with Crippen molar-refractivity contribution in [3.8, 4) is 17.1 Å². The molecule has 1 saturated heterocycles. The van der Waals surface area contributed by atoms with Gasteiger partial charge in [0.05, 0.1) is 5.69 Å². The van der Waals surface area contributed by atoms with E-state index in [9.17, 15) is 4.79 Å². The first-order valence-corrected chi connectivity index (χ1v) is 11.6. The largest absolute Gasteiger partial charge is 0.372 e. The van der Waals surface area contributed by atoms with Crippen molar-refractivity contribution in [1.82, 2.24) is 29.4 Å². The number of carbonyl (C=O) groups excluding carboxylic acids is 1. The van der Waals surface area contributed by atoms with Gasteiger partial charge in [0.1, 0.15) is 6.33 Å². The zero-order chi connectivity index (χ0) is 23.8. The van der Waals surface area contributed by atoms with Crippen LogP contribution >= 0.6 is 0 Å². The van der Waals surface area contributed by atoms with Crippen molar-refractivity contribution >= 4 is 22.9 Å². The Kier molecular flexibility index (Phi) is 5.21. The van der Waals surface area contributed by atoms with E-state index in [4.69, 9.17) is 0 Å².